The van der Waals surface area contributed by atoms with E-state index < -0.39 is 5.43 Å². The Morgan fingerprint density at radius 2 is 1.87 bits per heavy atom. The van der Waals surface area contributed by atoms with Crippen LogP contribution in [0.25, 0.3) is 27.9 Å². The van der Waals surface area contributed by atoms with Crippen molar-refractivity contribution in [2.24, 2.45) is 0 Å². The predicted molar refractivity (Wildman–Crippen MR) is 115 cm³/mol. The van der Waals surface area contributed by atoms with Crippen LogP contribution in [-0.4, -0.2) is 25.4 Å². The number of hydrogen-bond donors (Lipinski definition) is 1. The molecule has 7 heteroatoms. The van der Waals surface area contributed by atoms with Crippen LogP contribution < -0.4 is 24.4 Å². The Balaban J connectivity index is 1.83. The fourth-order valence-electron chi connectivity index (χ4n) is 4.09. The number of ether oxygens (including phenoxy) is 4. The minimum absolute atomic E-state index is 0.0823. The highest BCUT2D eigenvalue weighted by Gasteiger charge is 2.34. The zero-order valence-corrected chi connectivity index (χ0v) is 17.3. The Kier molecular flexibility index (Phi) is 4.05. The third-order valence-corrected chi connectivity index (χ3v) is 5.66. The molecule has 1 unspecified atom stereocenters. The number of phenols is 1. The molecule has 0 saturated carbocycles. The van der Waals surface area contributed by atoms with Crippen LogP contribution in [0.5, 0.6) is 28.7 Å². The summed E-state index contributed by atoms with van der Waals surface area (Å²) in [5.74, 6) is 1.89. The molecule has 3 heterocycles. The summed E-state index contributed by atoms with van der Waals surface area (Å²) < 4.78 is 28.6. The minimum Gasteiger partial charge on any atom is -0.507 e. The van der Waals surface area contributed by atoms with E-state index in [1.54, 1.807) is 12.1 Å². The third-order valence-electron chi connectivity index (χ3n) is 5.66. The van der Waals surface area contributed by atoms with Gasteiger partial charge in [0.2, 0.25) is 5.43 Å². The summed E-state index contributed by atoms with van der Waals surface area (Å²) in [6, 6.07) is 4.72. The number of phenolic OH excluding ortho intramolecular Hbond substituents is 1. The fourth-order valence-corrected chi connectivity index (χ4v) is 4.09. The topological polar surface area (TPSA) is 87.4 Å². The highest BCUT2D eigenvalue weighted by Crippen LogP contribution is 2.48. The van der Waals surface area contributed by atoms with Gasteiger partial charge in [-0.25, -0.2) is 0 Å². The van der Waals surface area contributed by atoms with Crippen molar-refractivity contribution in [3.63, 3.8) is 0 Å². The molecule has 1 aromatic heterocycles. The average Bonchev–Trinajstić information content (AvgIpc) is 3.17. The van der Waals surface area contributed by atoms with Crippen LogP contribution in [0, 0.1) is 0 Å². The molecule has 0 aliphatic carbocycles. The summed E-state index contributed by atoms with van der Waals surface area (Å²) in [4.78, 5) is 13.6. The van der Waals surface area contributed by atoms with Gasteiger partial charge in [-0.2, -0.15) is 0 Å². The quantitative estimate of drug-likeness (QED) is 0.628. The minimum atomic E-state index is -0.395. The zero-order chi connectivity index (χ0) is 22.0. The van der Waals surface area contributed by atoms with Crippen LogP contribution >= 0.6 is 0 Å². The smallest absolute Gasteiger partial charge is 0.205 e. The van der Waals surface area contributed by atoms with Gasteiger partial charge in [-0.05, 0) is 18.6 Å². The van der Waals surface area contributed by atoms with Gasteiger partial charge < -0.3 is 28.5 Å². The number of rotatable bonds is 3. The Hall–Kier alpha value is -3.87. The van der Waals surface area contributed by atoms with Gasteiger partial charge in [0.25, 0.3) is 0 Å². The van der Waals surface area contributed by atoms with E-state index in [1.165, 1.54) is 20.3 Å². The first-order chi connectivity index (χ1) is 14.8. The Morgan fingerprint density at radius 3 is 2.55 bits per heavy atom. The van der Waals surface area contributed by atoms with Gasteiger partial charge in [-0.3, -0.25) is 4.79 Å². The Morgan fingerprint density at radius 1 is 1.16 bits per heavy atom. The molecule has 0 fully saturated rings. The molecule has 0 saturated heterocycles. The summed E-state index contributed by atoms with van der Waals surface area (Å²) in [6.07, 6.45) is 0.233. The van der Waals surface area contributed by atoms with E-state index in [-0.39, 0.29) is 39.9 Å². The van der Waals surface area contributed by atoms with Crippen LogP contribution in [-0.2, 0) is 6.42 Å². The van der Waals surface area contributed by atoms with Crippen LogP contribution in [0.3, 0.4) is 0 Å². The number of aromatic hydroxyl groups is 1. The molecule has 158 valence electrons. The molecule has 2 aliphatic heterocycles. The van der Waals surface area contributed by atoms with Gasteiger partial charge in [0, 0.05) is 29.7 Å². The molecule has 0 bridgehead atoms. The molecule has 7 nitrogen and oxygen atoms in total. The summed E-state index contributed by atoms with van der Waals surface area (Å²) in [7, 11) is 3.01. The molecule has 1 N–H and O–H groups in total. The van der Waals surface area contributed by atoms with Crippen molar-refractivity contribution in [2.45, 2.75) is 19.4 Å². The van der Waals surface area contributed by atoms with E-state index in [9.17, 15) is 9.90 Å². The van der Waals surface area contributed by atoms with Gasteiger partial charge in [0.05, 0.1) is 19.8 Å². The lowest BCUT2D eigenvalue weighted by Crippen LogP contribution is -2.15. The first kappa shape index (κ1) is 19.1. The summed E-state index contributed by atoms with van der Waals surface area (Å²) >= 11 is 0. The number of hydrogen-bond acceptors (Lipinski definition) is 7. The van der Waals surface area contributed by atoms with Crippen LogP contribution in [0.2, 0.25) is 0 Å². The lowest BCUT2D eigenvalue weighted by atomic mass is 9.96. The highest BCUT2D eigenvalue weighted by atomic mass is 16.5. The third kappa shape index (κ3) is 2.63. The summed E-state index contributed by atoms with van der Waals surface area (Å²) in [5, 5.41) is 10.8. The average molecular weight is 420 g/mol. The second-order valence-corrected chi connectivity index (χ2v) is 7.60. The maximum absolute atomic E-state index is 13.6. The fraction of sp³-hybridized carbons (Fsp3) is 0.208. The largest absolute Gasteiger partial charge is 0.507 e. The van der Waals surface area contributed by atoms with Crippen molar-refractivity contribution in [2.75, 3.05) is 14.2 Å². The van der Waals surface area contributed by atoms with Gasteiger partial charge in [0.15, 0.2) is 23.0 Å². The van der Waals surface area contributed by atoms with Crippen molar-refractivity contribution in [1.82, 2.24) is 0 Å². The lowest BCUT2D eigenvalue weighted by molar-refractivity contribution is 0.270. The lowest BCUT2D eigenvalue weighted by Gasteiger charge is -2.23. The molecule has 5 rings (SSSR count). The SMILES string of the molecule is C=C1Oc2cc(OC)c(OC)cc2-c2c1oc1c3c(cc(O)c1c2=O)OC(C(=C)C)C3. The molecule has 0 radical (unpaired) electrons. The van der Waals surface area contributed by atoms with Crippen molar-refractivity contribution >= 4 is 16.7 Å². The van der Waals surface area contributed by atoms with Crippen LogP contribution in [0.1, 0.15) is 18.2 Å². The molecular formula is C24H20O7. The van der Waals surface area contributed by atoms with Crippen molar-refractivity contribution in [3.05, 3.63) is 58.5 Å². The first-order valence-corrected chi connectivity index (χ1v) is 9.65. The van der Waals surface area contributed by atoms with E-state index in [4.69, 9.17) is 23.4 Å². The van der Waals surface area contributed by atoms with Crippen LogP contribution in [0.4, 0.5) is 0 Å². The standard InChI is InChI=1S/C24H20O7/c1-10(2)15-7-13-16(30-15)8-14(25)21-22(26)20-12-6-18(27-4)19(28-5)9-17(12)29-11(3)23(20)31-24(13)21/h6,8-9,15,25H,1,3,7H2,2,4-5H3. The highest BCUT2D eigenvalue weighted by molar-refractivity contribution is 5.96. The second-order valence-electron chi connectivity index (χ2n) is 7.60. The van der Waals surface area contributed by atoms with Gasteiger partial charge in [0.1, 0.15) is 34.3 Å². The molecule has 2 aliphatic rings. The van der Waals surface area contributed by atoms with Crippen molar-refractivity contribution in [1.29, 1.82) is 0 Å². The first-order valence-electron chi connectivity index (χ1n) is 9.65. The molecule has 31 heavy (non-hydrogen) atoms. The number of methoxy groups -OCH3 is 2. The maximum Gasteiger partial charge on any atom is 0.205 e. The molecule has 0 spiro atoms. The monoisotopic (exact) mass is 420 g/mol. The molecular weight excluding hydrogens is 400 g/mol. The number of fused-ring (bicyclic) bond motifs is 6. The summed E-state index contributed by atoms with van der Waals surface area (Å²) in [5.41, 5.74) is 2.11. The van der Waals surface area contributed by atoms with E-state index in [0.29, 0.717) is 40.5 Å². The Bertz CT molecular complexity index is 1360. The van der Waals surface area contributed by atoms with Gasteiger partial charge in [-0.1, -0.05) is 13.2 Å². The van der Waals surface area contributed by atoms with Gasteiger partial charge in [-0.15, -0.1) is 0 Å². The van der Waals surface area contributed by atoms with Crippen LogP contribution in [0.15, 0.2) is 46.1 Å². The molecule has 1 atom stereocenters. The normalized spacial score (nSPS) is 16.1. The zero-order valence-electron chi connectivity index (χ0n) is 17.3. The van der Waals surface area contributed by atoms with E-state index >= 15 is 0 Å². The summed E-state index contributed by atoms with van der Waals surface area (Å²) in [6.45, 7) is 9.73. The molecule has 2 aromatic carbocycles. The van der Waals surface area contributed by atoms with Gasteiger partial charge >= 0.3 is 0 Å². The van der Waals surface area contributed by atoms with E-state index in [0.717, 1.165) is 5.57 Å². The molecule has 0 amide bonds. The molecule has 3 aromatic rings. The second kappa shape index (κ2) is 6.57. The number of benzene rings is 2. The van der Waals surface area contributed by atoms with Crippen molar-refractivity contribution < 1.29 is 28.5 Å². The van der Waals surface area contributed by atoms with E-state index in [1.807, 2.05) is 6.92 Å². The predicted octanol–water partition coefficient (Wildman–Crippen LogP) is 4.43. The van der Waals surface area contributed by atoms with Crippen molar-refractivity contribution in [3.8, 4) is 39.9 Å². The van der Waals surface area contributed by atoms with E-state index in [2.05, 4.69) is 13.2 Å². The Labute approximate surface area is 177 Å². The maximum atomic E-state index is 13.6.